The van der Waals surface area contributed by atoms with E-state index in [2.05, 4.69) is 11.9 Å². The summed E-state index contributed by atoms with van der Waals surface area (Å²) < 4.78 is 43.9. The van der Waals surface area contributed by atoms with E-state index in [4.69, 9.17) is 4.74 Å². The van der Waals surface area contributed by atoms with Crippen molar-refractivity contribution in [1.29, 1.82) is 0 Å². The molecule has 5 heteroatoms. The molecule has 0 N–H and O–H groups in total. The quantitative estimate of drug-likeness (QED) is 0.541. The highest BCUT2D eigenvalue weighted by Gasteiger charge is 2.15. The lowest BCUT2D eigenvalue weighted by molar-refractivity contribution is 0.185. The first-order valence-corrected chi connectivity index (χ1v) is 6.22. The molecule has 0 aliphatic carbocycles. The smallest absolute Gasteiger partial charge is 0.253 e. The van der Waals surface area contributed by atoms with Crippen molar-refractivity contribution in [3.05, 3.63) is 23.6 Å². The van der Waals surface area contributed by atoms with Crippen molar-refractivity contribution in [2.24, 2.45) is 0 Å². The molecule has 0 spiro atoms. The highest BCUT2D eigenvalue weighted by atomic mass is 19.2. The Kier molecular flexibility index (Phi) is 5.95. The fraction of sp³-hybridized carbons (Fsp3) is 0.615. The summed E-state index contributed by atoms with van der Waals surface area (Å²) in [5.74, 6) is -4.11. The summed E-state index contributed by atoms with van der Waals surface area (Å²) in [7, 11) is 0. The Morgan fingerprint density at radius 3 is 2.56 bits per heavy atom. The normalized spacial score (nSPS) is 12.5. The molecule has 18 heavy (non-hydrogen) atoms. The highest BCUT2D eigenvalue weighted by Crippen LogP contribution is 2.19. The zero-order valence-corrected chi connectivity index (χ0v) is 10.7. The van der Waals surface area contributed by atoms with Crippen LogP contribution in [-0.4, -0.2) is 11.1 Å². The molecule has 0 bridgehead atoms. The van der Waals surface area contributed by atoms with E-state index in [1.54, 1.807) is 6.92 Å². The zero-order chi connectivity index (χ0) is 13.5. The molecule has 1 atom stereocenters. The summed E-state index contributed by atoms with van der Waals surface area (Å²) in [6, 6.07) is 0.446. The second-order valence-corrected chi connectivity index (χ2v) is 4.33. The van der Waals surface area contributed by atoms with Crippen molar-refractivity contribution in [2.75, 3.05) is 0 Å². The van der Waals surface area contributed by atoms with Crippen LogP contribution in [0, 0.1) is 17.6 Å². The number of unbranched alkanes of at least 4 members (excludes halogenated alkanes) is 3. The summed E-state index contributed by atoms with van der Waals surface area (Å²) >= 11 is 0. The third-order valence-corrected chi connectivity index (χ3v) is 2.63. The van der Waals surface area contributed by atoms with E-state index in [0.717, 1.165) is 32.1 Å². The molecule has 0 saturated carbocycles. The molecular formula is C13H18F3NO. The van der Waals surface area contributed by atoms with Gasteiger partial charge in [0, 0.05) is 6.07 Å². The van der Waals surface area contributed by atoms with E-state index >= 15 is 0 Å². The lowest BCUT2D eigenvalue weighted by atomic mass is 10.1. The van der Waals surface area contributed by atoms with Crippen LogP contribution < -0.4 is 4.74 Å². The van der Waals surface area contributed by atoms with Gasteiger partial charge < -0.3 is 4.74 Å². The molecular weight excluding hydrogens is 243 g/mol. The second-order valence-electron chi connectivity index (χ2n) is 4.33. The summed E-state index contributed by atoms with van der Waals surface area (Å²) in [6.07, 6.45) is 4.78. The predicted molar refractivity (Wildman–Crippen MR) is 63.0 cm³/mol. The maximum absolute atomic E-state index is 13.2. The Hall–Kier alpha value is -1.26. The van der Waals surface area contributed by atoms with Crippen molar-refractivity contribution < 1.29 is 17.9 Å². The third kappa shape index (κ3) is 4.55. The number of halogens is 3. The number of rotatable bonds is 7. The number of nitrogens with zero attached hydrogens (tertiary/aromatic N) is 1. The van der Waals surface area contributed by atoms with Gasteiger partial charge in [0.1, 0.15) is 0 Å². The van der Waals surface area contributed by atoms with Crippen LogP contribution in [0.5, 0.6) is 5.88 Å². The van der Waals surface area contributed by atoms with Crippen molar-refractivity contribution in [3.8, 4) is 5.88 Å². The molecule has 1 heterocycles. The Morgan fingerprint density at radius 1 is 1.17 bits per heavy atom. The van der Waals surface area contributed by atoms with Crippen LogP contribution in [0.15, 0.2) is 6.07 Å². The summed E-state index contributed by atoms with van der Waals surface area (Å²) in [5, 5.41) is 0. The van der Waals surface area contributed by atoms with Crippen LogP contribution in [0.3, 0.4) is 0 Å². The van der Waals surface area contributed by atoms with Gasteiger partial charge in [-0.05, 0) is 19.8 Å². The Morgan fingerprint density at radius 2 is 1.89 bits per heavy atom. The van der Waals surface area contributed by atoms with Gasteiger partial charge in [-0.25, -0.2) is 8.78 Å². The third-order valence-electron chi connectivity index (χ3n) is 2.63. The first-order chi connectivity index (χ1) is 8.54. The van der Waals surface area contributed by atoms with Gasteiger partial charge in [0.2, 0.25) is 0 Å². The Balaban J connectivity index is 2.48. The minimum absolute atomic E-state index is 0.270. The van der Waals surface area contributed by atoms with Crippen LogP contribution in [0.1, 0.15) is 46.0 Å². The van der Waals surface area contributed by atoms with Crippen molar-refractivity contribution in [1.82, 2.24) is 4.98 Å². The highest BCUT2D eigenvalue weighted by molar-refractivity contribution is 5.15. The number of aromatic nitrogens is 1. The van der Waals surface area contributed by atoms with Crippen molar-refractivity contribution in [2.45, 2.75) is 52.1 Å². The topological polar surface area (TPSA) is 22.1 Å². The van der Waals surface area contributed by atoms with E-state index in [9.17, 15) is 13.2 Å². The minimum Gasteiger partial charge on any atom is -0.473 e. The Labute approximate surface area is 105 Å². The van der Waals surface area contributed by atoms with E-state index < -0.39 is 23.5 Å². The molecule has 1 aromatic rings. The summed E-state index contributed by atoms with van der Waals surface area (Å²) in [5.41, 5.74) is 0. The first-order valence-electron chi connectivity index (χ1n) is 6.22. The van der Waals surface area contributed by atoms with Gasteiger partial charge in [0.15, 0.2) is 11.6 Å². The number of ether oxygens (including phenoxy) is 1. The van der Waals surface area contributed by atoms with Crippen molar-refractivity contribution >= 4 is 0 Å². The number of pyridine rings is 1. The van der Waals surface area contributed by atoms with Crippen molar-refractivity contribution in [3.63, 3.8) is 0 Å². The van der Waals surface area contributed by atoms with E-state index in [-0.39, 0.29) is 6.10 Å². The average molecular weight is 261 g/mol. The van der Waals surface area contributed by atoms with Gasteiger partial charge in [0.05, 0.1) is 6.10 Å². The molecule has 0 fully saturated rings. The van der Waals surface area contributed by atoms with Gasteiger partial charge in [-0.3, -0.25) is 0 Å². The maximum atomic E-state index is 13.2. The van der Waals surface area contributed by atoms with E-state index in [1.807, 2.05) is 0 Å². The molecule has 0 saturated heterocycles. The largest absolute Gasteiger partial charge is 0.473 e. The lowest BCUT2D eigenvalue weighted by Gasteiger charge is -2.14. The molecule has 1 rings (SSSR count). The predicted octanol–water partition coefficient (Wildman–Crippen LogP) is 4.24. The molecule has 2 nitrogen and oxygen atoms in total. The SMILES string of the molecule is CCCCCCC(C)Oc1nc(F)c(F)cc1F. The average Bonchev–Trinajstić information content (AvgIpc) is 2.32. The zero-order valence-electron chi connectivity index (χ0n) is 10.7. The van der Waals surface area contributed by atoms with Crippen LogP contribution in [0.4, 0.5) is 13.2 Å². The van der Waals surface area contributed by atoms with Crippen LogP contribution >= 0.6 is 0 Å². The van der Waals surface area contributed by atoms with Gasteiger partial charge in [-0.1, -0.05) is 26.2 Å². The van der Waals surface area contributed by atoms with Crippen LogP contribution in [0.25, 0.3) is 0 Å². The lowest BCUT2D eigenvalue weighted by Crippen LogP contribution is -2.14. The van der Waals surface area contributed by atoms with Gasteiger partial charge in [-0.2, -0.15) is 9.37 Å². The van der Waals surface area contributed by atoms with Crippen LogP contribution in [0.2, 0.25) is 0 Å². The van der Waals surface area contributed by atoms with Gasteiger partial charge in [-0.15, -0.1) is 0 Å². The summed E-state index contributed by atoms with van der Waals surface area (Å²) in [6.45, 7) is 3.87. The molecule has 1 unspecified atom stereocenters. The maximum Gasteiger partial charge on any atom is 0.253 e. The molecule has 0 radical (unpaired) electrons. The fourth-order valence-electron chi connectivity index (χ4n) is 1.62. The molecule has 0 amide bonds. The second kappa shape index (κ2) is 7.24. The van der Waals surface area contributed by atoms with Crippen LogP contribution in [-0.2, 0) is 0 Å². The molecule has 1 aromatic heterocycles. The van der Waals surface area contributed by atoms with Gasteiger partial charge in [0.25, 0.3) is 11.8 Å². The first kappa shape index (κ1) is 14.8. The fourth-order valence-corrected chi connectivity index (χ4v) is 1.62. The monoisotopic (exact) mass is 261 g/mol. The molecule has 0 aromatic carbocycles. The standard InChI is InChI=1S/C13H18F3NO/c1-3-4-5-6-7-9(2)18-13-11(15)8-10(14)12(16)17-13/h8-9H,3-7H2,1-2H3. The molecule has 102 valence electrons. The number of hydrogen-bond acceptors (Lipinski definition) is 2. The van der Waals surface area contributed by atoms with E-state index in [1.165, 1.54) is 0 Å². The molecule has 0 aliphatic heterocycles. The Bertz CT molecular complexity index is 385. The van der Waals surface area contributed by atoms with E-state index in [0.29, 0.717) is 6.07 Å². The number of hydrogen-bond donors (Lipinski definition) is 0. The molecule has 0 aliphatic rings. The van der Waals surface area contributed by atoms with Gasteiger partial charge >= 0.3 is 0 Å². The minimum atomic E-state index is -1.34. The summed E-state index contributed by atoms with van der Waals surface area (Å²) in [4.78, 5) is 3.12.